The molecule has 1 fully saturated rings. The van der Waals surface area contributed by atoms with Gasteiger partial charge in [-0.3, -0.25) is 4.79 Å². The molecule has 4 nitrogen and oxygen atoms in total. The van der Waals surface area contributed by atoms with E-state index < -0.39 is 0 Å². The Balaban J connectivity index is 2.27. The van der Waals surface area contributed by atoms with Crippen LogP contribution in [0, 0.1) is 11.8 Å². The highest BCUT2D eigenvalue weighted by Gasteiger charge is 2.26. The third-order valence-electron chi connectivity index (χ3n) is 3.45. The van der Waals surface area contributed by atoms with Crippen molar-refractivity contribution in [3.63, 3.8) is 0 Å². The summed E-state index contributed by atoms with van der Waals surface area (Å²) in [5.41, 5.74) is 5.56. The van der Waals surface area contributed by atoms with Gasteiger partial charge in [-0.15, -0.1) is 0 Å². The maximum absolute atomic E-state index is 11.8. The highest BCUT2D eigenvalue weighted by atomic mass is 16.3. The van der Waals surface area contributed by atoms with Crippen LogP contribution in [0.25, 0.3) is 0 Å². The Kier molecular flexibility index (Phi) is 5.77. The Morgan fingerprint density at radius 1 is 1.56 bits per heavy atom. The van der Waals surface area contributed by atoms with Crippen LogP contribution in [0.2, 0.25) is 0 Å². The second kappa shape index (κ2) is 6.86. The molecule has 1 aliphatic rings. The van der Waals surface area contributed by atoms with Gasteiger partial charge >= 0.3 is 0 Å². The van der Waals surface area contributed by atoms with E-state index in [0.29, 0.717) is 13.1 Å². The molecule has 3 unspecified atom stereocenters. The largest absolute Gasteiger partial charge is 0.393 e. The topological polar surface area (TPSA) is 75.4 Å². The van der Waals surface area contributed by atoms with Gasteiger partial charge in [-0.1, -0.05) is 19.8 Å². The molecule has 0 heterocycles. The molecule has 0 spiro atoms. The van der Waals surface area contributed by atoms with E-state index in [-0.39, 0.29) is 23.8 Å². The number of hydrogen-bond acceptors (Lipinski definition) is 3. The van der Waals surface area contributed by atoms with E-state index in [2.05, 4.69) is 12.2 Å². The van der Waals surface area contributed by atoms with Gasteiger partial charge in [0, 0.05) is 19.0 Å². The molecule has 94 valence electrons. The van der Waals surface area contributed by atoms with Crippen molar-refractivity contribution in [1.82, 2.24) is 5.32 Å². The van der Waals surface area contributed by atoms with Gasteiger partial charge in [0.25, 0.3) is 0 Å². The van der Waals surface area contributed by atoms with Gasteiger partial charge in [0.1, 0.15) is 0 Å². The SMILES string of the molecule is CCCC(CN)C(=O)NCC1CCCC1O. The summed E-state index contributed by atoms with van der Waals surface area (Å²) in [5, 5.41) is 12.5. The molecule has 1 saturated carbocycles. The molecule has 0 aliphatic heterocycles. The second-order valence-corrected chi connectivity index (χ2v) is 4.72. The minimum absolute atomic E-state index is 0.0449. The van der Waals surface area contributed by atoms with Crippen molar-refractivity contribution in [2.45, 2.75) is 45.1 Å². The molecule has 4 heteroatoms. The Hall–Kier alpha value is -0.610. The van der Waals surface area contributed by atoms with Crippen LogP contribution in [0.4, 0.5) is 0 Å². The third-order valence-corrected chi connectivity index (χ3v) is 3.45. The predicted molar refractivity (Wildman–Crippen MR) is 63.8 cm³/mol. The Morgan fingerprint density at radius 3 is 2.81 bits per heavy atom. The first-order chi connectivity index (χ1) is 7.69. The van der Waals surface area contributed by atoms with Crippen molar-refractivity contribution in [1.29, 1.82) is 0 Å². The lowest BCUT2D eigenvalue weighted by Crippen LogP contribution is -2.39. The first-order valence-corrected chi connectivity index (χ1v) is 6.34. The zero-order valence-electron chi connectivity index (χ0n) is 10.1. The molecule has 0 saturated heterocycles. The summed E-state index contributed by atoms with van der Waals surface area (Å²) in [5.74, 6) is 0.219. The van der Waals surface area contributed by atoms with E-state index in [9.17, 15) is 9.90 Å². The number of rotatable bonds is 6. The van der Waals surface area contributed by atoms with E-state index in [1.54, 1.807) is 0 Å². The highest BCUT2D eigenvalue weighted by molar-refractivity contribution is 5.78. The summed E-state index contributed by atoms with van der Waals surface area (Å²) >= 11 is 0. The maximum Gasteiger partial charge on any atom is 0.224 e. The van der Waals surface area contributed by atoms with Gasteiger partial charge in [-0.2, -0.15) is 0 Å². The average molecular weight is 228 g/mol. The van der Waals surface area contributed by atoms with E-state index >= 15 is 0 Å². The van der Waals surface area contributed by atoms with Crippen LogP contribution in [-0.4, -0.2) is 30.2 Å². The number of hydrogen-bond donors (Lipinski definition) is 3. The zero-order valence-corrected chi connectivity index (χ0v) is 10.1. The Morgan fingerprint density at radius 2 is 2.31 bits per heavy atom. The van der Waals surface area contributed by atoms with Crippen LogP contribution in [-0.2, 0) is 4.79 Å². The van der Waals surface area contributed by atoms with Crippen LogP contribution in [0.1, 0.15) is 39.0 Å². The molecule has 0 bridgehead atoms. The molecular weight excluding hydrogens is 204 g/mol. The molecule has 1 amide bonds. The van der Waals surface area contributed by atoms with Crippen molar-refractivity contribution < 1.29 is 9.90 Å². The highest BCUT2D eigenvalue weighted by Crippen LogP contribution is 2.24. The lowest BCUT2D eigenvalue weighted by atomic mass is 10.0. The van der Waals surface area contributed by atoms with Crippen LogP contribution in [0.15, 0.2) is 0 Å². The van der Waals surface area contributed by atoms with E-state index in [4.69, 9.17) is 5.73 Å². The van der Waals surface area contributed by atoms with E-state index in [1.165, 1.54) is 0 Å². The molecular formula is C12H24N2O2. The summed E-state index contributed by atoms with van der Waals surface area (Å²) in [6.45, 7) is 3.06. The van der Waals surface area contributed by atoms with Gasteiger partial charge in [0.05, 0.1) is 12.0 Å². The standard InChI is InChI=1S/C12H24N2O2/c1-2-4-9(7-13)12(16)14-8-10-5-3-6-11(10)15/h9-11,15H,2-8,13H2,1H3,(H,14,16). The first-order valence-electron chi connectivity index (χ1n) is 6.34. The zero-order chi connectivity index (χ0) is 12.0. The first kappa shape index (κ1) is 13.5. The summed E-state index contributed by atoms with van der Waals surface area (Å²) in [4.78, 5) is 11.8. The molecule has 16 heavy (non-hydrogen) atoms. The van der Waals surface area contributed by atoms with Gasteiger partial charge < -0.3 is 16.2 Å². The molecule has 0 aromatic carbocycles. The maximum atomic E-state index is 11.8. The van der Waals surface area contributed by atoms with E-state index in [1.807, 2.05) is 0 Å². The number of aliphatic hydroxyl groups excluding tert-OH is 1. The monoisotopic (exact) mass is 228 g/mol. The Bertz CT molecular complexity index is 221. The number of nitrogens with one attached hydrogen (secondary N) is 1. The third kappa shape index (κ3) is 3.76. The fourth-order valence-electron chi connectivity index (χ4n) is 2.34. The van der Waals surface area contributed by atoms with Crippen LogP contribution in [0.5, 0.6) is 0 Å². The lowest BCUT2D eigenvalue weighted by Gasteiger charge is -2.18. The molecule has 0 radical (unpaired) electrons. The Labute approximate surface area is 97.6 Å². The molecule has 1 rings (SSSR count). The predicted octanol–water partition coefficient (Wildman–Crippen LogP) is 0.639. The van der Waals surface area contributed by atoms with Crippen molar-refractivity contribution in [2.75, 3.05) is 13.1 Å². The number of carbonyl (C=O) groups is 1. The van der Waals surface area contributed by atoms with Crippen molar-refractivity contribution >= 4 is 5.91 Å². The fourth-order valence-corrected chi connectivity index (χ4v) is 2.34. The fraction of sp³-hybridized carbons (Fsp3) is 0.917. The van der Waals surface area contributed by atoms with E-state index in [0.717, 1.165) is 32.1 Å². The average Bonchev–Trinajstić information content (AvgIpc) is 2.68. The normalized spacial score (nSPS) is 26.7. The minimum Gasteiger partial charge on any atom is -0.393 e. The molecule has 1 aliphatic carbocycles. The van der Waals surface area contributed by atoms with Crippen molar-refractivity contribution in [3.05, 3.63) is 0 Å². The number of nitrogens with two attached hydrogens (primary N) is 1. The number of aliphatic hydroxyl groups is 1. The molecule has 4 N–H and O–H groups in total. The smallest absolute Gasteiger partial charge is 0.224 e. The van der Waals surface area contributed by atoms with Gasteiger partial charge in [0.15, 0.2) is 0 Å². The van der Waals surface area contributed by atoms with Gasteiger partial charge in [-0.05, 0) is 19.3 Å². The number of carbonyl (C=O) groups excluding carboxylic acids is 1. The summed E-state index contributed by atoms with van der Waals surface area (Å²) < 4.78 is 0. The van der Waals surface area contributed by atoms with Crippen LogP contribution >= 0.6 is 0 Å². The van der Waals surface area contributed by atoms with Gasteiger partial charge in [-0.25, -0.2) is 0 Å². The van der Waals surface area contributed by atoms with Gasteiger partial charge in [0.2, 0.25) is 5.91 Å². The molecule has 3 atom stereocenters. The van der Waals surface area contributed by atoms with Crippen molar-refractivity contribution in [2.24, 2.45) is 17.6 Å². The lowest BCUT2D eigenvalue weighted by molar-refractivity contribution is -0.125. The summed E-state index contributed by atoms with van der Waals surface area (Å²) in [6, 6.07) is 0. The van der Waals surface area contributed by atoms with Crippen molar-refractivity contribution in [3.8, 4) is 0 Å². The molecule has 0 aromatic rings. The van der Waals surface area contributed by atoms with Crippen LogP contribution in [0.3, 0.4) is 0 Å². The van der Waals surface area contributed by atoms with Crippen LogP contribution < -0.4 is 11.1 Å². The number of amides is 1. The minimum atomic E-state index is -0.234. The summed E-state index contributed by atoms with van der Waals surface area (Å²) in [6.07, 6.45) is 4.54. The quantitative estimate of drug-likeness (QED) is 0.624. The summed E-state index contributed by atoms with van der Waals surface area (Å²) in [7, 11) is 0. The second-order valence-electron chi connectivity index (χ2n) is 4.72. The molecule has 0 aromatic heterocycles.